The molecule has 4 nitrogen and oxygen atoms in total. The lowest BCUT2D eigenvalue weighted by Gasteiger charge is -2.15. The van der Waals surface area contributed by atoms with Gasteiger partial charge in [0.05, 0.1) is 6.10 Å². The molecule has 0 rings (SSSR count). The van der Waals surface area contributed by atoms with Crippen LogP contribution in [0, 0.1) is 0 Å². The van der Waals surface area contributed by atoms with Gasteiger partial charge in [-0.15, -0.1) is 0 Å². The van der Waals surface area contributed by atoms with Gasteiger partial charge in [-0.3, -0.25) is 9.36 Å². The lowest BCUT2D eigenvalue weighted by Crippen LogP contribution is -2.33. The molecule has 0 fully saturated rings. The third kappa shape index (κ3) is 7.32. The fourth-order valence-electron chi connectivity index (χ4n) is 0.613. The SMILES string of the molecule is CC(C)OC(=O)[C@H](C)NP(=O)(Cl)Cl. The van der Waals surface area contributed by atoms with Crippen molar-refractivity contribution >= 4 is 34.4 Å². The van der Waals surface area contributed by atoms with Gasteiger partial charge in [-0.25, -0.2) is 5.09 Å². The number of hydrogen-bond donors (Lipinski definition) is 1. The zero-order chi connectivity index (χ0) is 10.6. The molecule has 0 spiro atoms. The van der Waals surface area contributed by atoms with Gasteiger partial charge in [0.2, 0.25) is 0 Å². The fraction of sp³-hybridized carbons (Fsp3) is 0.833. The monoisotopic (exact) mass is 247 g/mol. The van der Waals surface area contributed by atoms with Gasteiger partial charge in [-0.05, 0) is 43.3 Å². The van der Waals surface area contributed by atoms with Crippen molar-refractivity contribution in [3.63, 3.8) is 0 Å². The van der Waals surface area contributed by atoms with Crippen molar-refractivity contribution < 1.29 is 14.1 Å². The maximum Gasteiger partial charge on any atom is 0.323 e. The maximum atomic E-state index is 11.1. The summed E-state index contributed by atoms with van der Waals surface area (Å²) in [7, 11) is 0. The molecule has 0 aromatic rings. The van der Waals surface area contributed by atoms with E-state index in [-0.39, 0.29) is 6.10 Å². The number of esters is 1. The highest BCUT2D eigenvalue weighted by atomic mass is 35.9. The summed E-state index contributed by atoms with van der Waals surface area (Å²) < 4.78 is 15.6. The highest BCUT2D eigenvalue weighted by Crippen LogP contribution is 2.52. The summed E-state index contributed by atoms with van der Waals surface area (Å²) in [5, 5.41) is 2.24. The van der Waals surface area contributed by atoms with Gasteiger partial charge in [0.15, 0.2) is 0 Å². The standard InChI is InChI=1S/C6H12Cl2NO3P/c1-4(2)12-6(10)5(3)9-13(7,8)11/h4-5H,1-3H3,(H,9,11)/t5-/m0/s1. The Morgan fingerprint density at radius 1 is 1.38 bits per heavy atom. The van der Waals surface area contributed by atoms with Gasteiger partial charge in [0.25, 0.3) is 0 Å². The van der Waals surface area contributed by atoms with Gasteiger partial charge in [-0.1, -0.05) is 0 Å². The van der Waals surface area contributed by atoms with Gasteiger partial charge in [0, 0.05) is 0 Å². The summed E-state index contributed by atoms with van der Waals surface area (Å²) in [5.74, 6) is -3.96. The van der Waals surface area contributed by atoms with Crippen LogP contribution in [0.1, 0.15) is 20.8 Å². The first kappa shape index (κ1) is 13.2. The lowest BCUT2D eigenvalue weighted by molar-refractivity contribution is -0.148. The minimum Gasteiger partial charge on any atom is -0.462 e. The molecule has 0 bridgehead atoms. The van der Waals surface area contributed by atoms with Gasteiger partial charge >= 0.3 is 12.0 Å². The van der Waals surface area contributed by atoms with Crippen LogP contribution in [0.2, 0.25) is 0 Å². The van der Waals surface area contributed by atoms with Crippen molar-refractivity contribution in [1.82, 2.24) is 5.09 Å². The van der Waals surface area contributed by atoms with Crippen molar-refractivity contribution in [1.29, 1.82) is 0 Å². The number of nitrogens with one attached hydrogen (secondary N) is 1. The molecule has 0 aromatic heterocycles. The van der Waals surface area contributed by atoms with Crippen molar-refractivity contribution in [3.05, 3.63) is 0 Å². The molecule has 0 aliphatic rings. The van der Waals surface area contributed by atoms with Crippen LogP contribution in [-0.4, -0.2) is 18.1 Å². The molecule has 0 heterocycles. The van der Waals surface area contributed by atoms with Gasteiger partial charge in [-0.2, -0.15) is 0 Å². The second-order valence-corrected chi connectivity index (χ2v) is 7.36. The smallest absolute Gasteiger partial charge is 0.323 e. The van der Waals surface area contributed by atoms with Crippen molar-refractivity contribution in [2.45, 2.75) is 32.9 Å². The van der Waals surface area contributed by atoms with Crippen molar-refractivity contribution in [2.75, 3.05) is 0 Å². The second-order valence-electron chi connectivity index (χ2n) is 2.80. The first-order valence-corrected chi connectivity index (χ1v) is 7.21. The maximum absolute atomic E-state index is 11.1. The molecule has 0 aliphatic heterocycles. The minimum absolute atomic E-state index is 0.221. The minimum atomic E-state index is -3.43. The summed E-state index contributed by atoms with van der Waals surface area (Å²) in [4.78, 5) is 11.1. The first-order valence-electron chi connectivity index (χ1n) is 3.70. The predicted molar refractivity (Wildman–Crippen MR) is 53.1 cm³/mol. The van der Waals surface area contributed by atoms with E-state index in [1.165, 1.54) is 6.92 Å². The largest absolute Gasteiger partial charge is 0.462 e. The molecule has 13 heavy (non-hydrogen) atoms. The molecule has 0 amide bonds. The van der Waals surface area contributed by atoms with E-state index in [0.717, 1.165) is 0 Å². The van der Waals surface area contributed by atoms with Gasteiger partial charge in [0.1, 0.15) is 6.04 Å². The fourth-order valence-corrected chi connectivity index (χ4v) is 2.05. The summed E-state index contributed by atoms with van der Waals surface area (Å²) in [6.45, 7) is 4.90. The van der Waals surface area contributed by atoms with E-state index < -0.39 is 18.0 Å². The summed E-state index contributed by atoms with van der Waals surface area (Å²) in [6, 6.07) is -0.775. The number of ether oxygens (including phenoxy) is 1. The number of hydrogen-bond acceptors (Lipinski definition) is 3. The number of rotatable bonds is 4. The van der Waals surface area contributed by atoms with Crippen LogP contribution in [0.15, 0.2) is 0 Å². The zero-order valence-corrected chi connectivity index (χ0v) is 9.99. The molecule has 0 aromatic carbocycles. The zero-order valence-electron chi connectivity index (χ0n) is 7.58. The molecule has 0 saturated carbocycles. The molecule has 1 N–H and O–H groups in total. The van der Waals surface area contributed by atoms with Crippen molar-refractivity contribution in [3.8, 4) is 0 Å². The third-order valence-corrected chi connectivity index (χ3v) is 2.32. The van der Waals surface area contributed by atoms with Crippen molar-refractivity contribution in [2.24, 2.45) is 0 Å². The molecule has 0 aliphatic carbocycles. The van der Waals surface area contributed by atoms with Crippen LogP contribution in [0.4, 0.5) is 0 Å². The Morgan fingerprint density at radius 3 is 2.15 bits per heavy atom. The number of carbonyl (C=O) groups is 1. The molecule has 78 valence electrons. The van der Waals surface area contributed by atoms with Crippen LogP contribution in [0.5, 0.6) is 0 Å². The van der Waals surface area contributed by atoms with Gasteiger partial charge < -0.3 is 4.74 Å². The van der Waals surface area contributed by atoms with E-state index in [4.69, 9.17) is 27.2 Å². The van der Waals surface area contributed by atoms with E-state index >= 15 is 0 Å². The third-order valence-electron chi connectivity index (χ3n) is 1.05. The molecule has 7 heteroatoms. The van der Waals surface area contributed by atoms with Crippen LogP contribution >= 0.6 is 28.5 Å². The molecule has 0 saturated heterocycles. The Labute approximate surface area is 86.9 Å². The average Bonchev–Trinajstić information content (AvgIpc) is 1.81. The summed E-state index contributed by atoms with van der Waals surface area (Å²) in [6.07, 6.45) is -0.221. The van der Waals surface area contributed by atoms with E-state index in [1.54, 1.807) is 13.8 Å². The number of halogens is 2. The van der Waals surface area contributed by atoms with Crippen LogP contribution in [0.25, 0.3) is 0 Å². The first-order chi connectivity index (χ1) is 5.72. The normalized spacial score (nSPS) is 14.3. The van der Waals surface area contributed by atoms with Crippen LogP contribution in [-0.2, 0) is 14.1 Å². The number of carbonyl (C=O) groups excluding carboxylic acids is 1. The van der Waals surface area contributed by atoms with Crippen LogP contribution < -0.4 is 5.09 Å². The molecule has 1 atom stereocenters. The Balaban J connectivity index is 4.05. The quantitative estimate of drug-likeness (QED) is 0.613. The Kier molecular flexibility index (Phi) is 5.30. The Morgan fingerprint density at radius 2 is 1.85 bits per heavy atom. The molecular weight excluding hydrogens is 236 g/mol. The second kappa shape index (κ2) is 5.20. The summed E-state index contributed by atoms with van der Waals surface area (Å²) in [5.41, 5.74) is 0. The molecule has 0 radical (unpaired) electrons. The molecule has 0 unspecified atom stereocenters. The highest BCUT2D eigenvalue weighted by molar-refractivity contribution is 8.07. The van der Waals surface area contributed by atoms with E-state index in [1.807, 2.05) is 0 Å². The summed E-state index contributed by atoms with van der Waals surface area (Å²) >= 11 is 10.4. The van der Waals surface area contributed by atoms with E-state index in [9.17, 15) is 9.36 Å². The predicted octanol–water partition coefficient (Wildman–Crippen LogP) is 2.50. The van der Waals surface area contributed by atoms with E-state index in [2.05, 4.69) is 5.09 Å². The Hall–Kier alpha value is 0.240. The lowest BCUT2D eigenvalue weighted by atomic mass is 10.4. The molecular formula is C6H12Cl2NO3P. The Bertz CT molecular complexity index is 228. The van der Waals surface area contributed by atoms with Crippen LogP contribution in [0.3, 0.4) is 0 Å². The van der Waals surface area contributed by atoms with E-state index in [0.29, 0.717) is 0 Å². The topological polar surface area (TPSA) is 55.4 Å². The highest BCUT2D eigenvalue weighted by Gasteiger charge is 2.23. The average molecular weight is 248 g/mol.